The number of nitrogens with one attached hydrogen (secondary N) is 2. The van der Waals surface area contributed by atoms with Gasteiger partial charge in [-0.1, -0.05) is 11.6 Å². The van der Waals surface area contributed by atoms with E-state index in [1.54, 1.807) is 6.07 Å². The SMILES string of the molecule is O=S(=O)(Nc1ccc2[nH]ncc2c1)c1cc(C(F)(F)F)ccc1Cl. The molecule has 126 valence electrons. The summed E-state index contributed by atoms with van der Waals surface area (Å²) in [5.41, 5.74) is -0.231. The van der Waals surface area contributed by atoms with Crippen LogP contribution in [-0.4, -0.2) is 18.6 Å². The highest BCUT2D eigenvalue weighted by Crippen LogP contribution is 2.34. The zero-order valence-electron chi connectivity index (χ0n) is 11.7. The lowest BCUT2D eigenvalue weighted by atomic mass is 10.2. The zero-order chi connectivity index (χ0) is 17.5. The Labute approximate surface area is 139 Å². The van der Waals surface area contributed by atoms with Gasteiger partial charge in [-0.15, -0.1) is 0 Å². The number of anilines is 1. The van der Waals surface area contributed by atoms with Gasteiger partial charge in [-0.05, 0) is 36.4 Å². The summed E-state index contributed by atoms with van der Waals surface area (Å²) in [6.45, 7) is 0. The molecule has 3 rings (SSSR count). The summed E-state index contributed by atoms with van der Waals surface area (Å²) in [7, 11) is -4.29. The maximum absolute atomic E-state index is 12.8. The molecule has 1 heterocycles. The van der Waals surface area contributed by atoms with Crippen LogP contribution < -0.4 is 4.72 Å². The van der Waals surface area contributed by atoms with Crippen molar-refractivity contribution in [3.05, 3.63) is 53.2 Å². The number of aromatic amines is 1. The summed E-state index contributed by atoms with van der Waals surface area (Å²) in [5, 5.41) is 6.84. The lowest BCUT2D eigenvalue weighted by molar-refractivity contribution is -0.137. The van der Waals surface area contributed by atoms with Crippen molar-refractivity contribution in [2.45, 2.75) is 11.1 Å². The second-order valence-electron chi connectivity index (χ2n) is 4.92. The molecule has 0 unspecified atom stereocenters. The topological polar surface area (TPSA) is 74.8 Å². The summed E-state index contributed by atoms with van der Waals surface area (Å²) < 4.78 is 65.3. The van der Waals surface area contributed by atoms with Crippen LogP contribution in [0.2, 0.25) is 5.02 Å². The van der Waals surface area contributed by atoms with Gasteiger partial charge >= 0.3 is 6.18 Å². The standard InChI is InChI=1S/C14H9ClF3N3O2S/c15-11-3-1-9(14(16,17)18)6-13(11)24(22,23)21-10-2-4-12-8(5-10)7-19-20-12/h1-7,21H,(H,19,20). The van der Waals surface area contributed by atoms with Gasteiger partial charge in [0.05, 0.1) is 22.3 Å². The van der Waals surface area contributed by atoms with Gasteiger partial charge in [0.1, 0.15) is 4.90 Å². The average Bonchev–Trinajstić information content (AvgIpc) is 2.93. The van der Waals surface area contributed by atoms with Gasteiger partial charge in [0.25, 0.3) is 10.0 Å². The van der Waals surface area contributed by atoms with E-state index in [-0.39, 0.29) is 10.7 Å². The van der Waals surface area contributed by atoms with Crippen LogP contribution in [0.25, 0.3) is 10.9 Å². The molecule has 0 amide bonds. The van der Waals surface area contributed by atoms with Gasteiger partial charge < -0.3 is 0 Å². The molecule has 10 heteroatoms. The van der Waals surface area contributed by atoms with E-state index in [0.29, 0.717) is 17.0 Å². The molecule has 3 aromatic rings. The first-order valence-electron chi connectivity index (χ1n) is 6.49. The Hall–Kier alpha value is -2.26. The molecule has 0 saturated heterocycles. The summed E-state index contributed by atoms with van der Waals surface area (Å²) in [5.74, 6) is 0. The van der Waals surface area contributed by atoms with Crippen LogP contribution in [0.1, 0.15) is 5.56 Å². The summed E-state index contributed by atoms with van der Waals surface area (Å²) >= 11 is 5.77. The average molecular weight is 376 g/mol. The molecule has 0 saturated carbocycles. The summed E-state index contributed by atoms with van der Waals surface area (Å²) in [6.07, 6.45) is -3.19. The fourth-order valence-corrected chi connectivity index (χ4v) is 3.68. The van der Waals surface area contributed by atoms with Crippen LogP contribution in [-0.2, 0) is 16.2 Å². The Morgan fingerprint density at radius 2 is 1.88 bits per heavy atom. The smallest absolute Gasteiger partial charge is 0.280 e. The number of nitrogens with zero attached hydrogens (tertiary/aromatic N) is 1. The number of sulfonamides is 1. The van der Waals surface area contributed by atoms with Gasteiger partial charge in [-0.25, -0.2) is 8.42 Å². The molecule has 0 radical (unpaired) electrons. The van der Waals surface area contributed by atoms with E-state index < -0.39 is 26.7 Å². The number of aromatic nitrogens is 2. The van der Waals surface area contributed by atoms with Gasteiger partial charge in [-0.3, -0.25) is 9.82 Å². The first-order chi connectivity index (χ1) is 11.2. The molecule has 1 aromatic heterocycles. The third kappa shape index (κ3) is 3.17. The van der Waals surface area contributed by atoms with Gasteiger partial charge in [-0.2, -0.15) is 18.3 Å². The minimum atomic E-state index is -4.68. The number of H-pyrrole nitrogens is 1. The highest BCUT2D eigenvalue weighted by molar-refractivity contribution is 7.92. The van der Waals surface area contributed by atoms with E-state index in [2.05, 4.69) is 14.9 Å². The molecule has 0 fully saturated rings. The predicted octanol–water partition coefficient (Wildman–Crippen LogP) is 4.04. The second-order valence-corrected chi connectivity index (χ2v) is 6.98. The highest BCUT2D eigenvalue weighted by atomic mass is 35.5. The minimum Gasteiger partial charge on any atom is -0.280 e. The molecule has 0 atom stereocenters. The van der Waals surface area contributed by atoms with Crippen molar-refractivity contribution in [3.63, 3.8) is 0 Å². The van der Waals surface area contributed by atoms with E-state index in [4.69, 9.17) is 11.6 Å². The molecule has 0 spiro atoms. The van der Waals surface area contributed by atoms with Crippen LogP contribution in [0.5, 0.6) is 0 Å². The Kier molecular flexibility index (Phi) is 3.92. The van der Waals surface area contributed by atoms with Gasteiger partial charge in [0, 0.05) is 11.1 Å². The van der Waals surface area contributed by atoms with E-state index in [0.717, 1.165) is 12.1 Å². The number of halogens is 4. The lowest BCUT2D eigenvalue weighted by Gasteiger charge is -2.12. The quantitative estimate of drug-likeness (QED) is 0.725. The van der Waals surface area contributed by atoms with Crippen molar-refractivity contribution in [3.8, 4) is 0 Å². The third-order valence-electron chi connectivity index (χ3n) is 3.24. The Morgan fingerprint density at radius 3 is 2.58 bits per heavy atom. The Morgan fingerprint density at radius 1 is 1.12 bits per heavy atom. The van der Waals surface area contributed by atoms with E-state index in [1.807, 2.05) is 0 Å². The lowest BCUT2D eigenvalue weighted by Crippen LogP contribution is -2.15. The van der Waals surface area contributed by atoms with Crippen LogP contribution in [0.4, 0.5) is 18.9 Å². The summed E-state index contributed by atoms with van der Waals surface area (Å²) in [4.78, 5) is -0.647. The van der Waals surface area contributed by atoms with Gasteiger partial charge in [0.2, 0.25) is 0 Å². The van der Waals surface area contributed by atoms with Crippen LogP contribution in [0, 0.1) is 0 Å². The molecule has 0 aliphatic rings. The number of hydrogen-bond acceptors (Lipinski definition) is 3. The minimum absolute atomic E-state index is 0.178. The normalized spacial score (nSPS) is 12.5. The number of hydrogen-bond donors (Lipinski definition) is 2. The number of fused-ring (bicyclic) bond motifs is 1. The van der Waals surface area contributed by atoms with Crippen molar-refractivity contribution in [1.82, 2.24) is 10.2 Å². The molecule has 2 aromatic carbocycles. The fraction of sp³-hybridized carbons (Fsp3) is 0.0714. The predicted molar refractivity (Wildman–Crippen MR) is 83.4 cm³/mol. The Bertz CT molecular complexity index is 1020. The third-order valence-corrected chi connectivity index (χ3v) is 5.10. The highest BCUT2D eigenvalue weighted by Gasteiger charge is 2.32. The first-order valence-corrected chi connectivity index (χ1v) is 8.36. The number of benzene rings is 2. The number of rotatable bonds is 3. The van der Waals surface area contributed by atoms with Crippen molar-refractivity contribution in [1.29, 1.82) is 0 Å². The van der Waals surface area contributed by atoms with Crippen molar-refractivity contribution < 1.29 is 21.6 Å². The molecule has 5 nitrogen and oxygen atoms in total. The first kappa shape index (κ1) is 16.6. The van der Waals surface area contributed by atoms with E-state index >= 15 is 0 Å². The van der Waals surface area contributed by atoms with Gasteiger partial charge in [0.15, 0.2) is 0 Å². The Balaban J connectivity index is 2.01. The molecule has 2 N–H and O–H groups in total. The molecular weight excluding hydrogens is 367 g/mol. The van der Waals surface area contributed by atoms with Crippen molar-refractivity contribution in [2.75, 3.05) is 4.72 Å². The maximum Gasteiger partial charge on any atom is 0.416 e. The fourth-order valence-electron chi connectivity index (χ4n) is 2.10. The van der Waals surface area contributed by atoms with E-state index in [9.17, 15) is 21.6 Å². The molecule has 0 aliphatic carbocycles. The molecule has 0 aliphatic heterocycles. The molecule has 24 heavy (non-hydrogen) atoms. The molecule has 0 bridgehead atoms. The zero-order valence-corrected chi connectivity index (χ0v) is 13.3. The number of alkyl halides is 3. The molecular formula is C14H9ClF3N3O2S. The van der Waals surface area contributed by atoms with Crippen molar-refractivity contribution in [2.24, 2.45) is 0 Å². The maximum atomic E-state index is 12.8. The van der Waals surface area contributed by atoms with Crippen molar-refractivity contribution >= 4 is 38.2 Å². The van der Waals surface area contributed by atoms with E-state index in [1.165, 1.54) is 18.3 Å². The van der Waals surface area contributed by atoms with Crippen LogP contribution in [0.15, 0.2) is 47.5 Å². The largest absolute Gasteiger partial charge is 0.416 e. The van der Waals surface area contributed by atoms with Crippen LogP contribution >= 0.6 is 11.6 Å². The summed E-state index contributed by atoms with van der Waals surface area (Å²) in [6, 6.07) is 6.67. The second kappa shape index (κ2) is 5.67. The van der Waals surface area contributed by atoms with Crippen LogP contribution in [0.3, 0.4) is 0 Å². The monoisotopic (exact) mass is 375 g/mol.